The minimum absolute atomic E-state index is 0.109. The molecule has 0 saturated carbocycles. The fourth-order valence-corrected chi connectivity index (χ4v) is 3.58. The molecule has 2 aromatic rings. The lowest BCUT2D eigenvalue weighted by atomic mass is 10.1. The van der Waals surface area contributed by atoms with E-state index in [9.17, 15) is 14.4 Å². The summed E-state index contributed by atoms with van der Waals surface area (Å²) in [6, 6.07) is 10.0. The second kappa shape index (κ2) is 6.02. The van der Waals surface area contributed by atoms with E-state index in [2.05, 4.69) is 0 Å². The Bertz CT molecular complexity index is 707. The van der Waals surface area contributed by atoms with Crippen molar-refractivity contribution in [2.45, 2.75) is 18.9 Å². The number of imide groups is 1. The molecule has 6 heteroatoms. The van der Waals surface area contributed by atoms with Gasteiger partial charge in [-0.05, 0) is 41.6 Å². The minimum Gasteiger partial charge on any atom is -0.281 e. The summed E-state index contributed by atoms with van der Waals surface area (Å²) in [4.78, 5) is 38.4. The molecule has 1 aromatic heterocycles. The van der Waals surface area contributed by atoms with Crippen LogP contribution in [0.5, 0.6) is 0 Å². The first-order valence-corrected chi connectivity index (χ1v) is 8.04. The Morgan fingerprint density at radius 2 is 1.73 bits per heavy atom. The second-order valence-corrected chi connectivity index (χ2v) is 6.35. The van der Waals surface area contributed by atoms with Crippen LogP contribution in [0, 0.1) is 0 Å². The molecular weight excluding hydrogens is 322 g/mol. The number of benzene rings is 1. The van der Waals surface area contributed by atoms with E-state index in [1.165, 1.54) is 16.2 Å². The van der Waals surface area contributed by atoms with Gasteiger partial charge in [-0.25, -0.2) is 0 Å². The zero-order valence-corrected chi connectivity index (χ0v) is 13.1. The van der Waals surface area contributed by atoms with Crippen LogP contribution in [0.2, 0.25) is 0 Å². The van der Waals surface area contributed by atoms with E-state index >= 15 is 0 Å². The number of thiophene rings is 1. The Morgan fingerprint density at radius 3 is 2.23 bits per heavy atom. The van der Waals surface area contributed by atoms with Gasteiger partial charge in [0.1, 0.15) is 0 Å². The lowest BCUT2D eigenvalue weighted by molar-refractivity contribution is -0.112. The van der Waals surface area contributed by atoms with Crippen molar-refractivity contribution in [3.63, 3.8) is 0 Å². The smallest absolute Gasteiger partial charge is 0.262 e. The van der Waals surface area contributed by atoms with Crippen LogP contribution >= 0.6 is 22.9 Å². The molecule has 4 nitrogen and oxygen atoms in total. The van der Waals surface area contributed by atoms with Gasteiger partial charge in [0.25, 0.3) is 11.8 Å². The quantitative estimate of drug-likeness (QED) is 0.620. The highest BCUT2D eigenvalue weighted by Gasteiger charge is 2.40. The van der Waals surface area contributed by atoms with E-state index in [1.807, 2.05) is 17.5 Å². The van der Waals surface area contributed by atoms with Crippen molar-refractivity contribution >= 4 is 40.0 Å². The van der Waals surface area contributed by atoms with Gasteiger partial charge in [-0.1, -0.05) is 18.2 Å². The molecule has 0 N–H and O–H groups in total. The van der Waals surface area contributed by atoms with E-state index in [0.29, 0.717) is 17.5 Å². The Labute approximate surface area is 136 Å². The van der Waals surface area contributed by atoms with Crippen molar-refractivity contribution in [1.82, 2.24) is 4.90 Å². The van der Waals surface area contributed by atoms with Crippen LogP contribution in [0.3, 0.4) is 0 Å². The summed E-state index contributed by atoms with van der Waals surface area (Å²) < 4.78 is 0. The van der Waals surface area contributed by atoms with Crippen LogP contribution in [0.15, 0.2) is 41.8 Å². The van der Waals surface area contributed by atoms with Gasteiger partial charge in [0, 0.05) is 11.3 Å². The topological polar surface area (TPSA) is 54.5 Å². The lowest BCUT2D eigenvalue weighted by Gasteiger charge is -2.25. The summed E-state index contributed by atoms with van der Waals surface area (Å²) in [6.45, 7) is 0. The average Bonchev–Trinajstić information content (AvgIpc) is 3.11. The van der Waals surface area contributed by atoms with Crippen molar-refractivity contribution in [1.29, 1.82) is 0 Å². The molecule has 0 radical (unpaired) electrons. The molecule has 1 aliphatic heterocycles. The number of halogens is 1. The highest BCUT2D eigenvalue weighted by molar-refractivity contribution is 7.10. The molecule has 0 saturated heterocycles. The third-order valence-corrected chi connectivity index (χ3v) is 4.79. The number of nitrogens with zero attached hydrogens (tertiary/aromatic N) is 1. The highest BCUT2D eigenvalue weighted by atomic mass is 35.5. The molecule has 1 aliphatic rings. The number of hydrogen-bond acceptors (Lipinski definition) is 4. The Kier molecular flexibility index (Phi) is 4.09. The van der Waals surface area contributed by atoms with Crippen LogP contribution in [0.1, 0.15) is 44.5 Å². The highest BCUT2D eigenvalue weighted by Crippen LogP contribution is 2.36. The Morgan fingerprint density at radius 1 is 1.09 bits per heavy atom. The second-order valence-electron chi connectivity index (χ2n) is 4.95. The van der Waals surface area contributed by atoms with Gasteiger partial charge < -0.3 is 0 Å². The van der Waals surface area contributed by atoms with Crippen molar-refractivity contribution in [2.24, 2.45) is 0 Å². The van der Waals surface area contributed by atoms with Gasteiger partial charge >= 0.3 is 0 Å². The third kappa shape index (κ3) is 2.58. The molecule has 0 fully saturated rings. The molecule has 2 heterocycles. The summed E-state index contributed by atoms with van der Waals surface area (Å²) in [6.07, 6.45) is 0.436. The molecule has 112 valence electrons. The number of amides is 2. The molecule has 0 bridgehead atoms. The Hall–Kier alpha value is -1.98. The molecule has 0 spiro atoms. The fraction of sp³-hybridized carbons (Fsp3) is 0.188. The SMILES string of the molecule is O=C(Cl)CCC(c1cccs1)N1C(=O)c2ccccc2C1=O. The zero-order valence-electron chi connectivity index (χ0n) is 11.5. The summed E-state index contributed by atoms with van der Waals surface area (Å²) in [5.41, 5.74) is 0.817. The number of fused-ring (bicyclic) bond motifs is 1. The van der Waals surface area contributed by atoms with E-state index < -0.39 is 11.3 Å². The normalized spacial score (nSPS) is 15.0. The standard InChI is InChI=1S/C16H12ClNO3S/c17-14(19)8-7-12(13-6-3-9-22-13)18-15(20)10-4-1-2-5-11(10)16(18)21/h1-6,9,12H,7-8H2. The zero-order chi connectivity index (χ0) is 15.7. The van der Waals surface area contributed by atoms with Gasteiger partial charge in [0.05, 0.1) is 17.2 Å². The fourth-order valence-electron chi connectivity index (χ4n) is 2.62. The number of carbonyl (C=O) groups is 3. The molecule has 1 aromatic carbocycles. The molecule has 22 heavy (non-hydrogen) atoms. The van der Waals surface area contributed by atoms with Crippen molar-refractivity contribution in [3.05, 3.63) is 57.8 Å². The first-order valence-electron chi connectivity index (χ1n) is 6.78. The maximum atomic E-state index is 12.6. The first-order chi connectivity index (χ1) is 10.6. The number of rotatable bonds is 5. The van der Waals surface area contributed by atoms with Crippen LogP contribution < -0.4 is 0 Å². The monoisotopic (exact) mass is 333 g/mol. The largest absolute Gasteiger partial charge is 0.281 e. The molecule has 2 amide bonds. The van der Waals surface area contributed by atoms with Gasteiger partial charge in [-0.3, -0.25) is 19.3 Å². The van der Waals surface area contributed by atoms with E-state index in [0.717, 1.165) is 4.88 Å². The molecule has 3 rings (SSSR count). The lowest BCUT2D eigenvalue weighted by Crippen LogP contribution is -2.34. The average molecular weight is 334 g/mol. The van der Waals surface area contributed by atoms with Gasteiger partial charge in [-0.2, -0.15) is 0 Å². The summed E-state index contributed by atoms with van der Waals surface area (Å²) >= 11 is 6.88. The molecule has 1 atom stereocenters. The summed E-state index contributed by atoms with van der Waals surface area (Å²) in [5.74, 6) is -0.637. The van der Waals surface area contributed by atoms with E-state index in [4.69, 9.17) is 11.6 Å². The van der Waals surface area contributed by atoms with Gasteiger partial charge in [-0.15, -0.1) is 11.3 Å². The summed E-state index contributed by atoms with van der Waals surface area (Å²) in [5, 5.41) is 1.40. The Balaban J connectivity index is 1.97. The third-order valence-electron chi connectivity index (χ3n) is 3.62. The number of hydrogen-bond donors (Lipinski definition) is 0. The van der Waals surface area contributed by atoms with Crippen LogP contribution in [-0.4, -0.2) is 22.0 Å². The van der Waals surface area contributed by atoms with Crippen LogP contribution in [0.4, 0.5) is 0 Å². The van der Waals surface area contributed by atoms with E-state index in [-0.39, 0.29) is 18.2 Å². The predicted molar refractivity (Wildman–Crippen MR) is 84.1 cm³/mol. The first kappa shape index (κ1) is 14.9. The summed E-state index contributed by atoms with van der Waals surface area (Å²) in [7, 11) is 0. The predicted octanol–water partition coefficient (Wildman–Crippen LogP) is 3.63. The minimum atomic E-state index is -0.474. The van der Waals surface area contributed by atoms with Crippen molar-refractivity contribution in [2.75, 3.05) is 0 Å². The molecule has 1 unspecified atom stereocenters. The van der Waals surface area contributed by atoms with Gasteiger partial charge in [0.2, 0.25) is 5.24 Å². The van der Waals surface area contributed by atoms with Crippen LogP contribution in [0.25, 0.3) is 0 Å². The van der Waals surface area contributed by atoms with Gasteiger partial charge in [0.15, 0.2) is 0 Å². The maximum absolute atomic E-state index is 12.6. The molecule has 0 aliphatic carbocycles. The van der Waals surface area contributed by atoms with Crippen molar-refractivity contribution < 1.29 is 14.4 Å². The van der Waals surface area contributed by atoms with Crippen molar-refractivity contribution in [3.8, 4) is 0 Å². The van der Waals surface area contributed by atoms with E-state index in [1.54, 1.807) is 24.3 Å². The molecular formula is C16H12ClNO3S. The number of carbonyl (C=O) groups excluding carboxylic acids is 3. The maximum Gasteiger partial charge on any atom is 0.262 e. The van der Waals surface area contributed by atoms with Crippen LogP contribution in [-0.2, 0) is 4.79 Å².